The number of rotatable bonds is 6. The van der Waals surface area contributed by atoms with E-state index in [4.69, 9.17) is 9.47 Å². The Balaban J connectivity index is 1.90. The predicted molar refractivity (Wildman–Crippen MR) is 99.2 cm³/mol. The second-order valence-electron chi connectivity index (χ2n) is 5.63. The third kappa shape index (κ3) is 4.22. The summed E-state index contributed by atoms with van der Waals surface area (Å²) < 4.78 is 38.2. The molecule has 1 heterocycles. The van der Waals surface area contributed by atoms with Gasteiger partial charge in [-0.05, 0) is 31.2 Å². The fraction of sp³-hybridized carbons (Fsp3) is 0.158. The first kappa shape index (κ1) is 18.4. The monoisotopic (exact) mass is 372 g/mol. The molecule has 1 aromatic heterocycles. The van der Waals surface area contributed by atoms with Gasteiger partial charge in [-0.3, -0.25) is 0 Å². The van der Waals surface area contributed by atoms with Crippen molar-refractivity contribution in [2.45, 2.75) is 6.92 Å². The summed E-state index contributed by atoms with van der Waals surface area (Å²) in [6, 6.07) is 10.4. The van der Waals surface area contributed by atoms with E-state index in [0.717, 1.165) is 0 Å². The number of benzene rings is 2. The Kier molecular flexibility index (Phi) is 5.35. The predicted octanol–water partition coefficient (Wildman–Crippen LogP) is 4.57. The molecular weight excluding hydrogens is 354 g/mol. The van der Waals surface area contributed by atoms with Gasteiger partial charge in [0.1, 0.15) is 34.6 Å². The molecule has 2 N–H and O–H groups in total. The molecule has 140 valence electrons. The van der Waals surface area contributed by atoms with Crippen molar-refractivity contribution in [1.29, 1.82) is 0 Å². The molecular formula is C19H18F2N4O2. The Morgan fingerprint density at radius 3 is 2.30 bits per heavy atom. The number of nitrogens with zero attached hydrogens (tertiary/aromatic N) is 2. The summed E-state index contributed by atoms with van der Waals surface area (Å²) in [5.74, 6) is 0.253. The average molecular weight is 372 g/mol. The summed E-state index contributed by atoms with van der Waals surface area (Å²) in [5, 5.41) is 5.70. The molecule has 2 aromatic carbocycles. The fourth-order valence-electron chi connectivity index (χ4n) is 2.46. The number of anilines is 4. The van der Waals surface area contributed by atoms with Gasteiger partial charge in [0, 0.05) is 17.8 Å². The second kappa shape index (κ2) is 7.86. The largest absolute Gasteiger partial charge is 0.497 e. The van der Waals surface area contributed by atoms with Gasteiger partial charge in [-0.1, -0.05) is 6.07 Å². The minimum Gasteiger partial charge on any atom is -0.497 e. The summed E-state index contributed by atoms with van der Waals surface area (Å²) in [6.07, 6.45) is 0. The number of ether oxygens (including phenoxy) is 2. The number of hydrogen-bond donors (Lipinski definition) is 2. The van der Waals surface area contributed by atoms with Crippen molar-refractivity contribution in [3.05, 3.63) is 59.8 Å². The summed E-state index contributed by atoms with van der Waals surface area (Å²) in [6.45, 7) is 1.75. The highest BCUT2D eigenvalue weighted by molar-refractivity contribution is 5.66. The Bertz CT molecular complexity index is 946. The van der Waals surface area contributed by atoms with E-state index in [0.29, 0.717) is 22.9 Å². The van der Waals surface area contributed by atoms with Crippen LogP contribution < -0.4 is 20.1 Å². The SMILES string of the molecule is COc1ccc(Nc2nc(C)cc(Nc3c(F)cccc3F)n2)c(OC)c1. The molecule has 0 aliphatic rings. The molecule has 0 amide bonds. The molecule has 27 heavy (non-hydrogen) atoms. The maximum atomic E-state index is 13.9. The van der Waals surface area contributed by atoms with Crippen LogP contribution >= 0.6 is 0 Å². The average Bonchev–Trinajstić information content (AvgIpc) is 2.65. The molecule has 0 unspecified atom stereocenters. The Hall–Kier alpha value is -3.42. The van der Waals surface area contributed by atoms with Gasteiger partial charge in [0.2, 0.25) is 5.95 Å². The molecule has 8 heteroatoms. The summed E-state index contributed by atoms with van der Waals surface area (Å²) in [4.78, 5) is 8.57. The molecule has 0 saturated heterocycles. The van der Waals surface area contributed by atoms with Crippen molar-refractivity contribution in [3.63, 3.8) is 0 Å². The molecule has 0 saturated carbocycles. The first-order chi connectivity index (χ1) is 13.0. The van der Waals surface area contributed by atoms with Gasteiger partial charge < -0.3 is 20.1 Å². The number of para-hydroxylation sites is 1. The highest BCUT2D eigenvalue weighted by atomic mass is 19.1. The first-order valence-electron chi connectivity index (χ1n) is 8.06. The number of aryl methyl sites for hydroxylation is 1. The van der Waals surface area contributed by atoms with Crippen LogP contribution in [0.15, 0.2) is 42.5 Å². The van der Waals surface area contributed by atoms with Gasteiger partial charge >= 0.3 is 0 Å². The minimum absolute atomic E-state index is 0.248. The van der Waals surface area contributed by atoms with Crippen LogP contribution in [0.3, 0.4) is 0 Å². The molecule has 3 aromatic rings. The van der Waals surface area contributed by atoms with Crippen molar-refractivity contribution in [2.24, 2.45) is 0 Å². The van der Waals surface area contributed by atoms with Crippen LogP contribution in [-0.2, 0) is 0 Å². The van der Waals surface area contributed by atoms with E-state index >= 15 is 0 Å². The highest BCUT2D eigenvalue weighted by Crippen LogP contribution is 2.31. The molecule has 6 nitrogen and oxygen atoms in total. The van der Waals surface area contributed by atoms with E-state index in [1.165, 1.54) is 25.3 Å². The molecule has 0 atom stereocenters. The lowest BCUT2D eigenvalue weighted by Crippen LogP contribution is -2.05. The van der Waals surface area contributed by atoms with Gasteiger partial charge in [0.15, 0.2) is 0 Å². The van der Waals surface area contributed by atoms with Crippen LogP contribution in [-0.4, -0.2) is 24.2 Å². The van der Waals surface area contributed by atoms with Crippen LogP contribution in [0.25, 0.3) is 0 Å². The number of aromatic nitrogens is 2. The van der Waals surface area contributed by atoms with Crippen molar-refractivity contribution >= 4 is 23.1 Å². The quantitative estimate of drug-likeness (QED) is 0.661. The third-order valence-corrected chi connectivity index (χ3v) is 3.73. The van der Waals surface area contributed by atoms with Gasteiger partial charge in [0.05, 0.1) is 19.9 Å². The van der Waals surface area contributed by atoms with Gasteiger partial charge in [-0.25, -0.2) is 13.8 Å². The lowest BCUT2D eigenvalue weighted by atomic mass is 10.2. The second-order valence-corrected chi connectivity index (χ2v) is 5.63. The van der Waals surface area contributed by atoms with Crippen LogP contribution in [0.2, 0.25) is 0 Å². The number of hydrogen-bond acceptors (Lipinski definition) is 6. The zero-order chi connectivity index (χ0) is 19.4. The van der Waals surface area contributed by atoms with Crippen LogP contribution in [0.4, 0.5) is 31.9 Å². The van der Waals surface area contributed by atoms with E-state index in [-0.39, 0.29) is 17.5 Å². The molecule has 3 rings (SSSR count). The number of methoxy groups -OCH3 is 2. The Labute approximate surface area is 155 Å². The molecule has 0 bridgehead atoms. The lowest BCUT2D eigenvalue weighted by molar-refractivity contribution is 0.395. The zero-order valence-electron chi connectivity index (χ0n) is 15.0. The van der Waals surface area contributed by atoms with Crippen LogP contribution in [0.5, 0.6) is 11.5 Å². The number of halogens is 2. The summed E-state index contributed by atoms with van der Waals surface area (Å²) in [5.41, 5.74) is 0.953. The molecule has 0 aliphatic carbocycles. The first-order valence-corrected chi connectivity index (χ1v) is 8.06. The maximum Gasteiger partial charge on any atom is 0.229 e. The topological polar surface area (TPSA) is 68.3 Å². The molecule has 0 fully saturated rings. The maximum absolute atomic E-state index is 13.9. The molecule has 0 spiro atoms. The minimum atomic E-state index is -0.711. The third-order valence-electron chi connectivity index (χ3n) is 3.73. The van der Waals surface area contributed by atoms with Crippen molar-refractivity contribution in [2.75, 3.05) is 24.9 Å². The van der Waals surface area contributed by atoms with Crippen LogP contribution in [0.1, 0.15) is 5.69 Å². The van der Waals surface area contributed by atoms with Gasteiger partial charge in [-0.15, -0.1) is 0 Å². The van der Waals surface area contributed by atoms with E-state index in [2.05, 4.69) is 20.6 Å². The zero-order valence-corrected chi connectivity index (χ0v) is 15.0. The smallest absolute Gasteiger partial charge is 0.229 e. The fourth-order valence-corrected chi connectivity index (χ4v) is 2.46. The van der Waals surface area contributed by atoms with Crippen molar-refractivity contribution in [3.8, 4) is 11.5 Å². The van der Waals surface area contributed by atoms with E-state index < -0.39 is 11.6 Å². The normalized spacial score (nSPS) is 10.4. The highest BCUT2D eigenvalue weighted by Gasteiger charge is 2.12. The standard InChI is InChI=1S/C19H18F2N4O2/c1-11-9-17(24-18-13(20)5-4-6-14(18)21)25-19(22-11)23-15-8-7-12(26-2)10-16(15)27-3/h4-10H,1-3H3,(H2,22,23,24,25). The lowest BCUT2D eigenvalue weighted by Gasteiger charge is -2.13. The van der Waals surface area contributed by atoms with Crippen molar-refractivity contribution in [1.82, 2.24) is 9.97 Å². The number of nitrogens with one attached hydrogen (secondary N) is 2. The van der Waals surface area contributed by atoms with Gasteiger partial charge in [-0.2, -0.15) is 4.98 Å². The molecule has 0 aliphatic heterocycles. The van der Waals surface area contributed by atoms with Gasteiger partial charge in [0.25, 0.3) is 0 Å². The summed E-state index contributed by atoms with van der Waals surface area (Å²) >= 11 is 0. The van der Waals surface area contributed by atoms with E-state index in [1.54, 1.807) is 38.3 Å². The summed E-state index contributed by atoms with van der Waals surface area (Å²) in [7, 11) is 3.09. The Morgan fingerprint density at radius 2 is 1.63 bits per heavy atom. The Morgan fingerprint density at radius 1 is 0.889 bits per heavy atom. The van der Waals surface area contributed by atoms with E-state index in [9.17, 15) is 8.78 Å². The van der Waals surface area contributed by atoms with Crippen LogP contribution in [0, 0.1) is 18.6 Å². The van der Waals surface area contributed by atoms with Crippen molar-refractivity contribution < 1.29 is 18.3 Å². The molecule has 0 radical (unpaired) electrons. The van der Waals surface area contributed by atoms with E-state index in [1.807, 2.05) is 0 Å².